The number of benzene rings is 1. The van der Waals surface area contributed by atoms with Crippen molar-refractivity contribution in [1.29, 1.82) is 0 Å². The lowest BCUT2D eigenvalue weighted by Gasteiger charge is -1.99. The van der Waals surface area contributed by atoms with E-state index in [1.807, 2.05) is 36.0 Å². The average molecular weight is 256 g/mol. The predicted octanol–water partition coefficient (Wildman–Crippen LogP) is 4.11. The highest BCUT2D eigenvalue weighted by Gasteiger charge is 1.93. The van der Waals surface area contributed by atoms with Crippen LogP contribution in [0, 0.1) is 6.57 Å². The van der Waals surface area contributed by atoms with Crippen LogP contribution in [0.5, 0.6) is 0 Å². The lowest BCUT2D eigenvalue weighted by Crippen LogP contribution is -1.79. The third kappa shape index (κ3) is 3.84. The summed E-state index contributed by atoms with van der Waals surface area (Å²) in [7, 11) is 0. The minimum absolute atomic E-state index is 0.713. The van der Waals surface area contributed by atoms with Gasteiger partial charge in [-0.15, -0.1) is 11.8 Å². The largest absolute Gasteiger partial charge is 0.238 e. The van der Waals surface area contributed by atoms with Gasteiger partial charge in [0.25, 0.3) is 0 Å². The molecule has 0 radical (unpaired) electrons. The highest BCUT2D eigenvalue weighted by atomic mass is 79.9. The van der Waals surface area contributed by atoms with E-state index in [0.717, 1.165) is 11.1 Å². The molecule has 0 aromatic heterocycles. The van der Waals surface area contributed by atoms with Crippen molar-refractivity contribution >= 4 is 33.4 Å². The van der Waals surface area contributed by atoms with Gasteiger partial charge in [0.1, 0.15) is 0 Å². The van der Waals surface area contributed by atoms with Gasteiger partial charge in [-0.25, -0.2) is 4.85 Å². The maximum atomic E-state index is 6.79. The topological polar surface area (TPSA) is 4.36 Å². The molecule has 0 unspecified atom stereocenters. The summed E-state index contributed by atoms with van der Waals surface area (Å²) in [5.41, 5.74) is 0.713. The van der Waals surface area contributed by atoms with Crippen LogP contribution in [0.25, 0.3) is 4.85 Å². The number of hydrogen-bond donors (Lipinski definition) is 0. The molecule has 0 aliphatic heterocycles. The third-order valence-electron chi connectivity index (χ3n) is 1.51. The molecule has 1 aromatic rings. The minimum atomic E-state index is 0.713. The molecular formula is C10H10BrNS. The van der Waals surface area contributed by atoms with Crippen molar-refractivity contribution in [3.05, 3.63) is 35.7 Å². The van der Waals surface area contributed by atoms with Gasteiger partial charge in [-0.1, -0.05) is 40.2 Å². The number of hydrogen-bond acceptors (Lipinski definition) is 1. The van der Waals surface area contributed by atoms with Crippen molar-refractivity contribution in [3.63, 3.8) is 0 Å². The van der Waals surface area contributed by atoms with E-state index >= 15 is 0 Å². The molecule has 68 valence electrons. The molecule has 0 atom stereocenters. The normalized spacial score (nSPS) is 9.54. The van der Waals surface area contributed by atoms with Crippen LogP contribution in [0.1, 0.15) is 6.42 Å². The Hall–Kier alpha value is -0.460. The number of nitrogens with zero attached hydrogens (tertiary/aromatic N) is 1. The van der Waals surface area contributed by atoms with E-state index in [-0.39, 0.29) is 0 Å². The SMILES string of the molecule is [C-]#[N+]c1ccc(SCCCBr)cc1. The summed E-state index contributed by atoms with van der Waals surface area (Å²) < 4.78 is 0. The van der Waals surface area contributed by atoms with E-state index in [9.17, 15) is 0 Å². The molecule has 0 saturated heterocycles. The fraction of sp³-hybridized carbons (Fsp3) is 0.300. The lowest BCUT2D eigenvalue weighted by atomic mass is 10.3. The van der Waals surface area contributed by atoms with Crippen LogP contribution in [0.15, 0.2) is 29.2 Å². The zero-order valence-electron chi connectivity index (χ0n) is 7.16. The van der Waals surface area contributed by atoms with E-state index in [4.69, 9.17) is 6.57 Å². The van der Waals surface area contributed by atoms with Gasteiger partial charge in [-0.3, -0.25) is 0 Å². The zero-order valence-corrected chi connectivity index (χ0v) is 9.57. The van der Waals surface area contributed by atoms with Crippen molar-refractivity contribution in [2.24, 2.45) is 0 Å². The Kier molecular flexibility index (Phi) is 4.95. The molecule has 13 heavy (non-hydrogen) atoms. The summed E-state index contributed by atoms with van der Waals surface area (Å²) in [4.78, 5) is 4.59. The first kappa shape index (κ1) is 10.6. The van der Waals surface area contributed by atoms with Gasteiger partial charge in [0.05, 0.1) is 6.57 Å². The summed E-state index contributed by atoms with van der Waals surface area (Å²) in [6.07, 6.45) is 1.18. The van der Waals surface area contributed by atoms with E-state index in [1.54, 1.807) is 0 Å². The fourth-order valence-corrected chi connectivity index (χ4v) is 2.37. The van der Waals surface area contributed by atoms with E-state index < -0.39 is 0 Å². The van der Waals surface area contributed by atoms with Gasteiger partial charge in [-0.2, -0.15) is 0 Å². The zero-order chi connectivity index (χ0) is 9.52. The van der Waals surface area contributed by atoms with E-state index in [0.29, 0.717) is 5.69 Å². The quantitative estimate of drug-likeness (QED) is 0.339. The Morgan fingerprint density at radius 3 is 2.54 bits per heavy atom. The molecule has 0 saturated carbocycles. The highest BCUT2D eigenvalue weighted by Crippen LogP contribution is 2.22. The Balaban J connectivity index is 2.46. The van der Waals surface area contributed by atoms with Crippen molar-refractivity contribution in [2.45, 2.75) is 11.3 Å². The maximum Gasteiger partial charge on any atom is 0.187 e. The van der Waals surface area contributed by atoms with Crippen LogP contribution in [-0.2, 0) is 0 Å². The van der Waals surface area contributed by atoms with Crippen LogP contribution in [0.4, 0.5) is 5.69 Å². The van der Waals surface area contributed by atoms with E-state index in [2.05, 4.69) is 20.8 Å². The summed E-state index contributed by atoms with van der Waals surface area (Å²) in [5, 5.41) is 1.06. The molecular weight excluding hydrogens is 246 g/mol. The minimum Gasteiger partial charge on any atom is -0.238 e. The first-order chi connectivity index (χ1) is 6.36. The van der Waals surface area contributed by atoms with Gasteiger partial charge in [0.2, 0.25) is 0 Å². The molecule has 0 N–H and O–H groups in total. The molecule has 0 aliphatic carbocycles. The molecule has 0 heterocycles. The predicted molar refractivity (Wildman–Crippen MR) is 61.8 cm³/mol. The lowest BCUT2D eigenvalue weighted by molar-refractivity contribution is 1.13. The fourth-order valence-electron chi connectivity index (χ4n) is 0.861. The Bertz CT molecular complexity index is 289. The Morgan fingerprint density at radius 2 is 2.00 bits per heavy atom. The van der Waals surface area contributed by atoms with Gasteiger partial charge in [0, 0.05) is 10.2 Å². The summed E-state index contributed by atoms with van der Waals surface area (Å²) in [5.74, 6) is 1.13. The monoisotopic (exact) mass is 255 g/mol. The third-order valence-corrected chi connectivity index (χ3v) is 3.17. The number of halogens is 1. The Morgan fingerprint density at radius 1 is 1.31 bits per heavy atom. The molecule has 0 bridgehead atoms. The van der Waals surface area contributed by atoms with Crippen molar-refractivity contribution in [2.75, 3.05) is 11.1 Å². The summed E-state index contributed by atoms with van der Waals surface area (Å²) in [6, 6.07) is 7.74. The maximum absolute atomic E-state index is 6.79. The summed E-state index contributed by atoms with van der Waals surface area (Å²) >= 11 is 5.22. The Labute approximate surface area is 91.5 Å². The van der Waals surface area contributed by atoms with Crippen LogP contribution in [-0.4, -0.2) is 11.1 Å². The van der Waals surface area contributed by atoms with Crippen molar-refractivity contribution in [1.82, 2.24) is 0 Å². The molecule has 1 aromatic carbocycles. The van der Waals surface area contributed by atoms with Crippen molar-refractivity contribution < 1.29 is 0 Å². The standard InChI is InChI=1S/C10H10BrNS/c1-12-9-3-5-10(6-4-9)13-8-2-7-11/h3-6H,2,7-8H2. The molecule has 1 rings (SSSR count). The van der Waals surface area contributed by atoms with Gasteiger partial charge in [0.15, 0.2) is 5.69 Å². The molecule has 0 aliphatic rings. The first-order valence-corrected chi connectivity index (χ1v) is 6.14. The molecule has 0 spiro atoms. The molecule has 3 heteroatoms. The van der Waals surface area contributed by atoms with Crippen LogP contribution >= 0.6 is 27.7 Å². The van der Waals surface area contributed by atoms with Gasteiger partial charge in [-0.05, 0) is 12.2 Å². The molecule has 1 nitrogen and oxygen atoms in total. The van der Waals surface area contributed by atoms with E-state index in [1.165, 1.54) is 11.3 Å². The molecule has 0 fully saturated rings. The van der Waals surface area contributed by atoms with Gasteiger partial charge < -0.3 is 0 Å². The number of rotatable bonds is 4. The van der Waals surface area contributed by atoms with Crippen LogP contribution in [0.3, 0.4) is 0 Å². The van der Waals surface area contributed by atoms with Crippen molar-refractivity contribution in [3.8, 4) is 0 Å². The molecule has 0 amide bonds. The number of alkyl halides is 1. The second-order valence-corrected chi connectivity index (χ2v) is 4.46. The van der Waals surface area contributed by atoms with Crippen LogP contribution in [0.2, 0.25) is 0 Å². The highest BCUT2D eigenvalue weighted by molar-refractivity contribution is 9.09. The van der Waals surface area contributed by atoms with Gasteiger partial charge >= 0.3 is 0 Å². The summed E-state index contributed by atoms with van der Waals surface area (Å²) in [6.45, 7) is 6.79. The first-order valence-electron chi connectivity index (χ1n) is 4.03. The smallest absolute Gasteiger partial charge is 0.187 e. The van der Waals surface area contributed by atoms with Crippen LogP contribution < -0.4 is 0 Å². The number of thioether (sulfide) groups is 1. The second-order valence-electron chi connectivity index (χ2n) is 2.50. The second kappa shape index (κ2) is 6.06. The average Bonchev–Trinajstić information content (AvgIpc) is 2.19.